The van der Waals surface area contributed by atoms with E-state index >= 15 is 0 Å². The van der Waals surface area contributed by atoms with Crippen LogP contribution in [0.15, 0.2) is 23.1 Å². The van der Waals surface area contributed by atoms with Crippen LogP contribution in [0, 0.1) is 5.92 Å². The second-order valence-electron chi connectivity index (χ2n) is 7.09. The molecule has 1 aromatic carbocycles. The van der Waals surface area contributed by atoms with Crippen LogP contribution in [-0.2, 0) is 14.8 Å². The lowest BCUT2D eigenvalue weighted by molar-refractivity contribution is -0.123. The lowest BCUT2D eigenvalue weighted by atomic mass is 9.94. The average Bonchev–Trinajstić information content (AvgIpc) is 2.88. The minimum atomic E-state index is -3.87. The maximum absolute atomic E-state index is 12.7. The Bertz CT molecular complexity index is 783. The molecular formula is C18H27N3O5S. The van der Waals surface area contributed by atoms with Crippen LogP contribution >= 0.6 is 0 Å². The van der Waals surface area contributed by atoms with E-state index in [1.54, 1.807) is 6.07 Å². The largest absolute Gasteiger partial charge is 0.490 e. The first-order valence-corrected chi connectivity index (χ1v) is 10.8. The first-order valence-electron chi connectivity index (χ1n) is 9.30. The summed E-state index contributed by atoms with van der Waals surface area (Å²) in [5.41, 5.74) is 0. The Kier molecular flexibility index (Phi) is 6.23. The summed E-state index contributed by atoms with van der Waals surface area (Å²) in [7, 11) is -3.87. The number of carbonyl (C=O) groups is 1. The second-order valence-corrected chi connectivity index (χ2v) is 8.80. The molecule has 3 N–H and O–H groups in total. The topological polar surface area (TPSA) is 106 Å². The molecule has 1 aromatic rings. The molecule has 2 heterocycles. The highest BCUT2D eigenvalue weighted by molar-refractivity contribution is 7.89. The fraction of sp³-hybridized carbons (Fsp3) is 0.611. The van der Waals surface area contributed by atoms with E-state index in [-0.39, 0.29) is 16.8 Å². The van der Waals surface area contributed by atoms with Crippen molar-refractivity contribution in [1.82, 2.24) is 15.4 Å². The summed E-state index contributed by atoms with van der Waals surface area (Å²) in [5, 5.41) is 6.17. The third kappa shape index (κ3) is 4.91. The summed E-state index contributed by atoms with van der Waals surface area (Å²) < 4.78 is 38.9. The molecule has 0 saturated carbocycles. The zero-order valence-electron chi connectivity index (χ0n) is 15.7. The van der Waals surface area contributed by atoms with E-state index in [2.05, 4.69) is 22.3 Å². The standard InChI is InChI=1S/C18H27N3O5S/c1-12-6-7-19-11-15(12)20-18(22)13(2)21-27(23,24)14-4-5-16-17(10-14)26-9-3-8-25-16/h4-5,10,12-13,15,19,21H,3,6-9,11H2,1-2H3,(H,20,22). The number of sulfonamides is 1. The van der Waals surface area contributed by atoms with E-state index in [9.17, 15) is 13.2 Å². The van der Waals surface area contributed by atoms with Gasteiger partial charge in [-0.05, 0) is 37.9 Å². The number of amides is 1. The fourth-order valence-corrected chi connectivity index (χ4v) is 4.37. The minimum Gasteiger partial charge on any atom is -0.490 e. The first-order chi connectivity index (χ1) is 12.9. The highest BCUT2D eigenvalue weighted by Gasteiger charge is 2.28. The summed E-state index contributed by atoms with van der Waals surface area (Å²) in [5.74, 6) is 0.930. The summed E-state index contributed by atoms with van der Waals surface area (Å²) in [6.45, 7) is 6.24. The maximum atomic E-state index is 12.7. The normalized spacial score (nSPS) is 23.9. The Morgan fingerprint density at radius 1 is 1.26 bits per heavy atom. The number of hydrogen-bond acceptors (Lipinski definition) is 6. The molecule has 0 spiro atoms. The zero-order valence-corrected chi connectivity index (χ0v) is 16.5. The molecule has 0 aliphatic carbocycles. The van der Waals surface area contributed by atoms with Crippen LogP contribution in [0.25, 0.3) is 0 Å². The molecule has 0 radical (unpaired) electrons. The number of nitrogens with one attached hydrogen (secondary N) is 3. The SMILES string of the molecule is CC(NS(=O)(=O)c1ccc2c(c1)OCCCO2)C(=O)NC1CNCCC1C. The van der Waals surface area contributed by atoms with Crippen molar-refractivity contribution in [1.29, 1.82) is 0 Å². The molecule has 27 heavy (non-hydrogen) atoms. The monoisotopic (exact) mass is 397 g/mol. The molecule has 8 nitrogen and oxygen atoms in total. The fourth-order valence-electron chi connectivity index (χ4n) is 3.16. The van der Waals surface area contributed by atoms with E-state index in [1.807, 2.05) is 0 Å². The third-order valence-corrected chi connectivity index (χ3v) is 6.45. The van der Waals surface area contributed by atoms with E-state index in [0.29, 0.717) is 37.2 Å². The molecule has 3 rings (SSSR count). The van der Waals surface area contributed by atoms with Gasteiger partial charge in [0.15, 0.2) is 11.5 Å². The van der Waals surface area contributed by atoms with Gasteiger partial charge in [-0.15, -0.1) is 0 Å². The predicted octanol–water partition coefficient (Wildman–Crippen LogP) is 0.629. The van der Waals surface area contributed by atoms with Gasteiger partial charge in [0, 0.05) is 25.1 Å². The molecule has 0 aromatic heterocycles. The van der Waals surface area contributed by atoms with Gasteiger partial charge in [-0.1, -0.05) is 6.92 Å². The Balaban J connectivity index is 1.66. The number of ether oxygens (including phenoxy) is 2. The van der Waals surface area contributed by atoms with E-state index in [1.165, 1.54) is 19.1 Å². The number of hydrogen-bond donors (Lipinski definition) is 3. The van der Waals surface area contributed by atoms with Crippen LogP contribution < -0.4 is 24.8 Å². The number of carbonyl (C=O) groups excluding carboxylic acids is 1. The summed E-state index contributed by atoms with van der Waals surface area (Å²) in [6, 6.07) is 3.57. The minimum absolute atomic E-state index is 0.00347. The Labute approximate surface area is 160 Å². The molecule has 150 valence electrons. The van der Waals surface area contributed by atoms with Crippen molar-refractivity contribution in [2.24, 2.45) is 5.92 Å². The van der Waals surface area contributed by atoms with Gasteiger partial charge in [0.2, 0.25) is 15.9 Å². The van der Waals surface area contributed by atoms with Crippen molar-refractivity contribution >= 4 is 15.9 Å². The molecular weight excluding hydrogens is 370 g/mol. The molecule has 3 unspecified atom stereocenters. The highest BCUT2D eigenvalue weighted by Crippen LogP contribution is 2.31. The summed E-state index contributed by atoms with van der Waals surface area (Å²) in [6.07, 6.45) is 1.71. The van der Waals surface area contributed by atoms with Gasteiger partial charge in [0.25, 0.3) is 0 Å². The molecule has 1 saturated heterocycles. The molecule has 0 bridgehead atoms. The van der Waals surface area contributed by atoms with Gasteiger partial charge >= 0.3 is 0 Å². The lowest BCUT2D eigenvalue weighted by Crippen LogP contribution is -2.54. The summed E-state index contributed by atoms with van der Waals surface area (Å²) in [4.78, 5) is 12.5. The number of benzene rings is 1. The van der Waals surface area contributed by atoms with Gasteiger partial charge < -0.3 is 20.1 Å². The van der Waals surface area contributed by atoms with Crippen molar-refractivity contribution in [3.05, 3.63) is 18.2 Å². The zero-order chi connectivity index (χ0) is 19.4. The molecule has 2 aliphatic heterocycles. The van der Waals surface area contributed by atoms with Crippen molar-refractivity contribution in [2.45, 2.75) is 43.7 Å². The lowest BCUT2D eigenvalue weighted by Gasteiger charge is -2.31. The van der Waals surface area contributed by atoms with Crippen LogP contribution in [0.5, 0.6) is 11.5 Å². The number of rotatable bonds is 5. The van der Waals surface area contributed by atoms with Crippen LogP contribution in [0.3, 0.4) is 0 Å². The van der Waals surface area contributed by atoms with Crippen molar-refractivity contribution in [3.8, 4) is 11.5 Å². The summed E-state index contributed by atoms with van der Waals surface area (Å²) >= 11 is 0. The van der Waals surface area contributed by atoms with Gasteiger partial charge in [-0.3, -0.25) is 4.79 Å². The van der Waals surface area contributed by atoms with Crippen LogP contribution in [0.2, 0.25) is 0 Å². The average molecular weight is 397 g/mol. The molecule has 3 atom stereocenters. The number of fused-ring (bicyclic) bond motifs is 1. The van der Waals surface area contributed by atoms with E-state index in [4.69, 9.17) is 9.47 Å². The van der Waals surface area contributed by atoms with Gasteiger partial charge in [-0.2, -0.15) is 4.72 Å². The Morgan fingerprint density at radius 2 is 2.00 bits per heavy atom. The van der Waals surface area contributed by atoms with Gasteiger partial charge in [0.1, 0.15) is 0 Å². The first kappa shape index (κ1) is 19.9. The van der Waals surface area contributed by atoms with Crippen LogP contribution in [0.1, 0.15) is 26.7 Å². The smallest absolute Gasteiger partial charge is 0.241 e. The molecule has 9 heteroatoms. The van der Waals surface area contributed by atoms with E-state index in [0.717, 1.165) is 19.4 Å². The van der Waals surface area contributed by atoms with Crippen molar-refractivity contribution in [3.63, 3.8) is 0 Å². The maximum Gasteiger partial charge on any atom is 0.241 e. The number of piperidine rings is 1. The molecule has 2 aliphatic rings. The Hall–Kier alpha value is -1.84. The van der Waals surface area contributed by atoms with E-state index < -0.39 is 16.1 Å². The second kappa shape index (κ2) is 8.45. The van der Waals surface area contributed by atoms with Crippen LogP contribution in [-0.4, -0.2) is 52.7 Å². The predicted molar refractivity (Wildman–Crippen MR) is 100 cm³/mol. The van der Waals surface area contributed by atoms with Crippen molar-refractivity contribution < 1.29 is 22.7 Å². The molecule has 1 amide bonds. The quantitative estimate of drug-likeness (QED) is 0.673. The van der Waals surface area contributed by atoms with Crippen molar-refractivity contribution in [2.75, 3.05) is 26.3 Å². The van der Waals surface area contributed by atoms with Crippen LogP contribution in [0.4, 0.5) is 0 Å². The third-order valence-electron chi connectivity index (χ3n) is 4.91. The highest BCUT2D eigenvalue weighted by atomic mass is 32.2. The Morgan fingerprint density at radius 3 is 2.74 bits per heavy atom. The molecule has 1 fully saturated rings. The van der Waals surface area contributed by atoms with Gasteiger partial charge in [0.05, 0.1) is 24.2 Å². The van der Waals surface area contributed by atoms with Gasteiger partial charge in [-0.25, -0.2) is 8.42 Å².